The number of nitro groups is 1. The molecule has 0 fully saturated rings. The van der Waals surface area contributed by atoms with Crippen molar-refractivity contribution in [3.8, 4) is 17.2 Å². The van der Waals surface area contributed by atoms with Gasteiger partial charge in [0.05, 0.1) is 18.1 Å². The second-order valence-corrected chi connectivity index (χ2v) is 5.01. The highest BCUT2D eigenvalue weighted by molar-refractivity contribution is 9.08. The first kappa shape index (κ1) is 15.6. The van der Waals surface area contributed by atoms with E-state index in [4.69, 9.17) is 21.1 Å². The molecule has 2 aromatic carbocycles. The number of halogens is 2. The highest BCUT2D eigenvalue weighted by Crippen LogP contribution is 2.38. The van der Waals surface area contributed by atoms with Crippen LogP contribution in [0.1, 0.15) is 5.56 Å². The van der Waals surface area contributed by atoms with E-state index in [0.717, 1.165) is 5.56 Å². The topological polar surface area (TPSA) is 61.6 Å². The predicted octanol–water partition coefficient (Wildman–Crippen LogP) is 4.94. The van der Waals surface area contributed by atoms with E-state index in [1.807, 2.05) is 0 Å². The highest BCUT2D eigenvalue weighted by atomic mass is 79.9. The number of nitrogens with zero attached hydrogens (tertiary/aromatic N) is 1. The summed E-state index contributed by atoms with van der Waals surface area (Å²) in [7, 11) is 1.47. The second kappa shape index (κ2) is 6.78. The minimum absolute atomic E-state index is 0.0757. The first-order valence-electron chi connectivity index (χ1n) is 5.90. The van der Waals surface area contributed by atoms with E-state index in [0.29, 0.717) is 21.9 Å². The van der Waals surface area contributed by atoms with Crippen molar-refractivity contribution in [1.82, 2.24) is 0 Å². The van der Waals surface area contributed by atoms with Crippen LogP contribution in [-0.4, -0.2) is 12.0 Å². The average Bonchev–Trinajstić information content (AvgIpc) is 2.47. The lowest BCUT2D eigenvalue weighted by molar-refractivity contribution is -0.384. The van der Waals surface area contributed by atoms with Crippen molar-refractivity contribution in [1.29, 1.82) is 0 Å². The number of nitro benzene ring substituents is 1. The van der Waals surface area contributed by atoms with Gasteiger partial charge >= 0.3 is 0 Å². The van der Waals surface area contributed by atoms with Gasteiger partial charge in [-0.05, 0) is 18.2 Å². The van der Waals surface area contributed by atoms with Crippen LogP contribution in [0.25, 0.3) is 0 Å². The van der Waals surface area contributed by atoms with E-state index in [2.05, 4.69) is 15.9 Å². The minimum Gasteiger partial charge on any atom is -0.493 e. The summed E-state index contributed by atoms with van der Waals surface area (Å²) in [5, 5.41) is 11.9. The molecule has 0 atom stereocenters. The molecule has 0 saturated heterocycles. The summed E-state index contributed by atoms with van der Waals surface area (Å²) >= 11 is 9.44. The van der Waals surface area contributed by atoms with Crippen LogP contribution in [0.3, 0.4) is 0 Å². The van der Waals surface area contributed by atoms with Gasteiger partial charge in [0, 0.05) is 22.0 Å². The van der Waals surface area contributed by atoms with E-state index in [1.54, 1.807) is 18.2 Å². The molecule has 21 heavy (non-hydrogen) atoms. The van der Waals surface area contributed by atoms with E-state index < -0.39 is 4.92 Å². The molecule has 0 heterocycles. The van der Waals surface area contributed by atoms with Gasteiger partial charge in [0.25, 0.3) is 5.69 Å². The summed E-state index contributed by atoms with van der Waals surface area (Å²) < 4.78 is 10.9. The molecule has 0 amide bonds. The molecular weight excluding hydrogens is 362 g/mol. The van der Waals surface area contributed by atoms with Crippen molar-refractivity contribution in [3.05, 3.63) is 57.1 Å². The molecule has 2 aromatic rings. The average molecular weight is 373 g/mol. The van der Waals surface area contributed by atoms with Crippen LogP contribution in [0.4, 0.5) is 5.69 Å². The second-order valence-electron chi connectivity index (χ2n) is 4.04. The lowest BCUT2D eigenvalue weighted by atomic mass is 10.2. The largest absolute Gasteiger partial charge is 0.493 e. The minimum atomic E-state index is -0.490. The molecule has 0 spiro atoms. The molecule has 2 rings (SSSR count). The van der Waals surface area contributed by atoms with Crippen LogP contribution in [-0.2, 0) is 5.33 Å². The maximum absolute atomic E-state index is 10.9. The highest BCUT2D eigenvalue weighted by Gasteiger charge is 2.15. The fourth-order valence-corrected chi connectivity index (χ4v) is 2.71. The van der Waals surface area contributed by atoms with Gasteiger partial charge in [-0.3, -0.25) is 10.1 Å². The predicted molar refractivity (Wildman–Crippen MR) is 83.8 cm³/mol. The Labute approximate surface area is 134 Å². The van der Waals surface area contributed by atoms with E-state index in [1.165, 1.54) is 25.3 Å². The van der Waals surface area contributed by atoms with Crippen LogP contribution in [0.5, 0.6) is 17.2 Å². The molecule has 0 bridgehead atoms. The van der Waals surface area contributed by atoms with Crippen LogP contribution < -0.4 is 9.47 Å². The number of hydrogen-bond donors (Lipinski definition) is 0. The van der Waals surface area contributed by atoms with Gasteiger partial charge in [0.2, 0.25) is 0 Å². The van der Waals surface area contributed by atoms with Crippen LogP contribution in [0, 0.1) is 10.1 Å². The Bertz CT molecular complexity index is 678. The molecule has 7 heteroatoms. The number of methoxy groups -OCH3 is 1. The van der Waals surface area contributed by atoms with E-state index in [9.17, 15) is 10.1 Å². The molecule has 0 radical (unpaired) electrons. The molecular formula is C14H11BrClNO4. The number of non-ortho nitro benzene ring substituents is 1. The molecule has 5 nitrogen and oxygen atoms in total. The van der Waals surface area contributed by atoms with Gasteiger partial charge in [-0.2, -0.15) is 0 Å². The van der Waals surface area contributed by atoms with Gasteiger partial charge in [0.15, 0.2) is 11.5 Å². The maximum Gasteiger partial charge on any atom is 0.273 e. The number of rotatable bonds is 5. The van der Waals surface area contributed by atoms with Crippen LogP contribution in [0.15, 0.2) is 36.4 Å². The molecule has 0 aliphatic heterocycles. The molecule has 0 N–H and O–H groups in total. The van der Waals surface area contributed by atoms with Crippen molar-refractivity contribution >= 4 is 33.2 Å². The SMILES string of the molecule is COc1ccc([N+](=O)[O-])cc1Oc1cccc(Cl)c1CBr. The number of alkyl halides is 1. The zero-order valence-corrected chi connectivity index (χ0v) is 13.3. The smallest absolute Gasteiger partial charge is 0.273 e. The third-order valence-corrected chi connectivity index (χ3v) is 3.70. The summed E-state index contributed by atoms with van der Waals surface area (Å²) in [6.07, 6.45) is 0. The molecule has 0 aliphatic rings. The van der Waals surface area contributed by atoms with E-state index >= 15 is 0 Å². The van der Waals surface area contributed by atoms with Crippen molar-refractivity contribution in [2.45, 2.75) is 5.33 Å². The summed E-state index contributed by atoms with van der Waals surface area (Å²) in [6.45, 7) is 0. The Morgan fingerprint density at radius 2 is 2.00 bits per heavy atom. The zero-order valence-electron chi connectivity index (χ0n) is 11.0. The molecule has 110 valence electrons. The summed E-state index contributed by atoms with van der Waals surface area (Å²) in [6, 6.07) is 9.39. The van der Waals surface area contributed by atoms with Gasteiger partial charge in [-0.25, -0.2) is 0 Å². The molecule has 0 unspecified atom stereocenters. The fourth-order valence-electron chi connectivity index (χ4n) is 1.74. The van der Waals surface area contributed by atoms with Gasteiger partial charge in [0.1, 0.15) is 5.75 Å². The Morgan fingerprint density at radius 3 is 2.62 bits per heavy atom. The normalized spacial score (nSPS) is 10.2. The monoisotopic (exact) mass is 371 g/mol. The van der Waals surface area contributed by atoms with Crippen molar-refractivity contribution in [2.24, 2.45) is 0 Å². The van der Waals surface area contributed by atoms with Gasteiger partial charge in [-0.15, -0.1) is 0 Å². The number of benzene rings is 2. The Balaban J connectivity index is 2.45. The zero-order chi connectivity index (χ0) is 15.4. The third kappa shape index (κ3) is 3.46. The maximum atomic E-state index is 10.9. The standard InChI is InChI=1S/C14H11BrClNO4/c1-20-13-6-5-9(17(18)19)7-14(13)21-12-4-2-3-11(16)10(12)8-15/h2-7H,8H2,1H3. The summed E-state index contributed by atoms with van der Waals surface area (Å²) in [5.41, 5.74) is 0.681. The Kier molecular flexibility index (Phi) is 5.03. The first-order chi connectivity index (χ1) is 10.1. The lowest BCUT2D eigenvalue weighted by Crippen LogP contribution is -1.95. The van der Waals surface area contributed by atoms with Crippen LogP contribution in [0.2, 0.25) is 5.02 Å². The van der Waals surface area contributed by atoms with Gasteiger partial charge in [-0.1, -0.05) is 33.6 Å². The van der Waals surface area contributed by atoms with E-state index in [-0.39, 0.29) is 11.4 Å². The first-order valence-corrected chi connectivity index (χ1v) is 7.40. The Morgan fingerprint density at radius 1 is 1.24 bits per heavy atom. The number of ether oxygens (including phenoxy) is 2. The van der Waals surface area contributed by atoms with Crippen molar-refractivity contribution in [2.75, 3.05) is 7.11 Å². The number of hydrogen-bond acceptors (Lipinski definition) is 4. The molecule has 0 aliphatic carbocycles. The Hall–Kier alpha value is -1.79. The third-order valence-electron chi connectivity index (χ3n) is 2.79. The van der Waals surface area contributed by atoms with Gasteiger partial charge < -0.3 is 9.47 Å². The van der Waals surface area contributed by atoms with Crippen molar-refractivity contribution in [3.63, 3.8) is 0 Å². The lowest BCUT2D eigenvalue weighted by Gasteiger charge is -2.13. The van der Waals surface area contributed by atoms with Crippen LogP contribution >= 0.6 is 27.5 Å². The quantitative estimate of drug-likeness (QED) is 0.423. The summed E-state index contributed by atoms with van der Waals surface area (Å²) in [4.78, 5) is 10.4. The molecule has 0 aromatic heterocycles. The molecule has 0 saturated carbocycles. The van der Waals surface area contributed by atoms with Crippen molar-refractivity contribution < 1.29 is 14.4 Å². The summed E-state index contributed by atoms with van der Waals surface area (Å²) in [5.74, 6) is 1.18. The fraction of sp³-hybridized carbons (Fsp3) is 0.143.